The SMILES string of the molecule is C/C(N)=C(\C)C(N)=Nc1ncnc2cc(OCC3CCN(c4cnc(C(=O)N5CCC6CCC(C=O)N6C(=O)C(NC(=O)C(C)N(C)C(=O)OC(C)(C)C)C5)cn4)CC3)c(SC(C)(C)C)cc12. The Kier molecular flexibility index (Phi) is 15.7. The lowest BCUT2D eigenvalue weighted by Crippen LogP contribution is -2.61. The lowest BCUT2D eigenvalue weighted by molar-refractivity contribution is -0.142. The van der Waals surface area contributed by atoms with Gasteiger partial charge in [0.1, 0.15) is 53.4 Å². The van der Waals surface area contributed by atoms with Crippen LogP contribution in [0.15, 0.2) is 52.0 Å². The van der Waals surface area contributed by atoms with Gasteiger partial charge in [-0.25, -0.2) is 29.7 Å². The maximum Gasteiger partial charge on any atom is 0.410 e. The molecule has 3 saturated heterocycles. The molecule has 3 aromatic rings. The van der Waals surface area contributed by atoms with Gasteiger partial charge in [0, 0.05) is 60.2 Å². The molecule has 4 unspecified atom stereocenters. The van der Waals surface area contributed by atoms with Gasteiger partial charge in [-0.15, -0.1) is 11.8 Å². The minimum Gasteiger partial charge on any atom is -0.492 e. The zero-order valence-corrected chi connectivity index (χ0v) is 41.2. The van der Waals surface area contributed by atoms with E-state index < -0.39 is 47.5 Å². The first-order valence-electron chi connectivity index (χ1n) is 22.8. The number of likely N-dealkylation sites (N-methyl/N-ethyl adjacent to an activating group) is 1. The fourth-order valence-electron chi connectivity index (χ4n) is 8.15. The minimum absolute atomic E-state index is 0.0989. The van der Waals surface area contributed by atoms with Gasteiger partial charge in [0.05, 0.1) is 42.0 Å². The Morgan fingerprint density at radius 1 is 0.985 bits per heavy atom. The van der Waals surface area contributed by atoms with Crippen molar-refractivity contribution in [1.29, 1.82) is 0 Å². The summed E-state index contributed by atoms with van der Waals surface area (Å²) in [6.45, 7) is 18.7. The number of nitrogens with one attached hydrogen (secondary N) is 1. The molecule has 4 atom stereocenters. The summed E-state index contributed by atoms with van der Waals surface area (Å²) >= 11 is 1.69. The number of aliphatic imine (C=N–C) groups is 1. The number of nitrogens with zero attached hydrogens (tertiary/aromatic N) is 9. The Morgan fingerprint density at radius 3 is 2.33 bits per heavy atom. The van der Waals surface area contributed by atoms with Crippen LogP contribution in [0.4, 0.5) is 16.4 Å². The van der Waals surface area contributed by atoms with Crippen molar-refractivity contribution in [3.8, 4) is 5.75 Å². The molecule has 67 heavy (non-hydrogen) atoms. The molecule has 20 heteroatoms. The molecule has 19 nitrogen and oxygen atoms in total. The number of amidine groups is 1. The lowest BCUT2D eigenvalue weighted by Gasteiger charge is -2.38. The molecule has 0 saturated carbocycles. The van der Waals surface area contributed by atoms with Crippen LogP contribution in [-0.2, 0) is 19.1 Å². The van der Waals surface area contributed by atoms with Gasteiger partial charge >= 0.3 is 6.09 Å². The summed E-state index contributed by atoms with van der Waals surface area (Å²) in [7, 11) is 1.44. The van der Waals surface area contributed by atoms with E-state index in [-0.39, 0.29) is 35.5 Å². The molecule has 3 aliphatic heterocycles. The number of carbonyl (C=O) groups excluding carboxylic acids is 5. The molecule has 3 aliphatic rings. The van der Waals surface area contributed by atoms with E-state index in [4.69, 9.17) is 20.9 Å². The van der Waals surface area contributed by atoms with Crippen LogP contribution >= 0.6 is 11.8 Å². The first kappa shape index (κ1) is 50.4. The van der Waals surface area contributed by atoms with Gasteiger partial charge in [-0.1, -0.05) is 20.8 Å². The number of nitrogens with two attached hydrogens (primary N) is 2. The highest BCUT2D eigenvalue weighted by Gasteiger charge is 2.43. The van der Waals surface area contributed by atoms with Crippen molar-refractivity contribution in [2.45, 2.75) is 134 Å². The van der Waals surface area contributed by atoms with Gasteiger partial charge in [0.15, 0.2) is 5.82 Å². The number of ether oxygens (including phenoxy) is 2. The van der Waals surface area contributed by atoms with Gasteiger partial charge < -0.3 is 45.8 Å². The van der Waals surface area contributed by atoms with Crippen molar-refractivity contribution in [2.24, 2.45) is 22.4 Å². The molecule has 0 spiro atoms. The Morgan fingerprint density at radius 2 is 1.70 bits per heavy atom. The van der Waals surface area contributed by atoms with Crippen LogP contribution < -0.4 is 26.4 Å². The predicted octanol–water partition coefficient (Wildman–Crippen LogP) is 4.99. The number of carbonyl (C=O) groups is 5. The fraction of sp³-hybridized carbons (Fsp3) is 0.574. The van der Waals surface area contributed by atoms with E-state index in [1.165, 1.54) is 31.4 Å². The first-order valence-corrected chi connectivity index (χ1v) is 23.6. The third kappa shape index (κ3) is 12.5. The third-order valence-electron chi connectivity index (χ3n) is 12.2. The molecular formula is C47H66N12O7S. The van der Waals surface area contributed by atoms with Crippen molar-refractivity contribution in [3.05, 3.63) is 47.8 Å². The highest BCUT2D eigenvalue weighted by molar-refractivity contribution is 8.00. The number of hydrogen-bond donors (Lipinski definition) is 3. The fourth-order valence-corrected chi connectivity index (χ4v) is 9.21. The van der Waals surface area contributed by atoms with Crippen LogP contribution in [-0.4, -0.2) is 145 Å². The summed E-state index contributed by atoms with van der Waals surface area (Å²) in [4.78, 5) is 96.6. The van der Waals surface area contributed by atoms with Gasteiger partial charge in [-0.3, -0.25) is 19.3 Å². The van der Waals surface area contributed by atoms with Crippen molar-refractivity contribution < 1.29 is 33.4 Å². The number of piperidine rings is 1. The zero-order chi connectivity index (χ0) is 49.0. The molecule has 3 fully saturated rings. The van der Waals surface area contributed by atoms with E-state index in [1.807, 2.05) is 19.1 Å². The van der Waals surface area contributed by atoms with E-state index in [2.05, 4.69) is 55.9 Å². The molecule has 6 rings (SSSR count). The number of amides is 4. The second-order valence-corrected chi connectivity index (χ2v) is 21.5. The van der Waals surface area contributed by atoms with E-state index in [9.17, 15) is 24.0 Å². The number of thioether (sulfide) groups is 1. The molecule has 0 radical (unpaired) electrons. The third-order valence-corrected chi connectivity index (χ3v) is 13.4. The maximum absolute atomic E-state index is 14.1. The lowest BCUT2D eigenvalue weighted by atomic mass is 9.98. The normalized spacial score (nSPS) is 20.6. The number of hydrogen-bond acceptors (Lipinski definition) is 15. The average molecular weight is 943 g/mol. The number of rotatable bonds is 12. The summed E-state index contributed by atoms with van der Waals surface area (Å²) in [5, 5.41) is 3.53. The second kappa shape index (κ2) is 20.9. The Labute approximate surface area is 396 Å². The molecular weight excluding hydrogens is 877 g/mol. The van der Waals surface area contributed by atoms with Crippen molar-refractivity contribution >= 4 is 70.2 Å². The molecule has 1 aromatic carbocycles. The summed E-state index contributed by atoms with van der Waals surface area (Å²) in [5.41, 5.74) is 13.5. The number of benzene rings is 1. The number of anilines is 1. The van der Waals surface area contributed by atoms with Crippen molar-refractivity contribution in [2.75, 3.05) is 44.7 Å². The summed E-state index contributed by atoms with van der Waals surface area (Å²) in [6.07, 6.45) is 7.77. The molecule has 5 N–H and O–H groups in total. The molecule has 5 heterocycles. The van der Waals surface area contributed by atoms with Crippen LogP contribution in [0.3, 0.4) is 0 Å². The highest BCUT2D eigenvalue weighted by atomic mass is 32.2. The van der Waals surface area contributed by atoms with Crippen molar-refractivity contribution in [1.82, 2.24) is 40.0 Å². The molecule has 0 aliphatic carbocycles. The maximum atomic E-state index is 14.1. The van der Waals surface area contributed by atoms with Crippen LogP contribution in [0, 0.1) is 5.92 Å². The highest BCUT2D eigenvalue weighted by Crippen LogP contribution is 2.42. The molecule has 4 amide bonds. The Balaban J connectivity index is 1.10. The number of aldehydes is 1. The average Bonchev–Trinajstić information content (AvgIpc) is 3.69. The predicted molar refractivity (Wildman–Crippen MR) is 257 cm³/mol. The number of aromatic nitrogens is 4. The molecule has 2 aromatic heterocycles. The quantitative estimate of drug-likeness (QED) is 0.0937. The van der Waals surface area contributed by atoms with Crippen molar-refractivity contribution in [3.63, 3.8) is 0 Å². The Hall–Kier alpha value is -6.05. The van der Waals surface area contributed by atoms with Crippen LogP contribution in [0.2, 0.25) is 0 Å². The van der Waals surface area contributed by atoms with Crippen LogP contribution in [0.5, 0.6) is 5.75 Å². The van der Waals surface area contributed by atoms with E-state index >= 15 is 0 Å². The second-order valence-electron chi connectivity index (χ2n) is 19.6. The summed E-state index contributed by atoms with van der Waals surface area (Å²) in [5.74, 6) is 0.880. The monoisotopic (exact) mass is 942 g/mol. The smallest absolute Gasteiger partial charge is 0.410 e. The van der Waals surface area contributed by atoms with Gasteiger partial charge in [-0.05, 0) is 85.6 Å². The zero-order valence-electron chi connectivity index (χ0n) is 40.4. The molecule has 362 valence electrons. The topological polar surface area (TPSA) is 245 Å². The molecule has 0 bridgehead atoms. The standard InChI is InChI=1S/C47H66N12O7S/c1-27(28(2)48)40(49)55-41-33-19-38(67-47(7,8)9)37(20-34(33)52-26-53-41)65-25-30-13-16-57(17-14-30)39-22-50-35(21-51-39)43(62)58-18-15-31-11-12-32(24-60)59(31)44(63)36(23-58)54-42(61)29(3)56(10)45(64)66-46(4,5)6/h19-22,24,26,29-32,36H,11-18,23,25,48H2,1-10H3,(H,54,61)(H2,49,52,53,55)/b28-27-. The van der Waals surface area contributed by atoms with Gasteiger partial charge in [0.2, 0.25) is 11.8 Å². The Bertz CT molecular complexity index is 2390. The van der Waals surface area contributed by atoms with E-state index in [0.29, 0.717) is 73.2 Å². The van der Waals surface area contributed by atoms with Crippen LogP contribution in [0.1, 0.15) is 105 Å². The minimum atomic E-state index is -1.18. The first-order chi connectivity index (χ1) is 31.5. The summed E-state index contributed by atoms with van der Waals surface area (Å²) in [6, 6.07) is 0.843. The van der Waals surface area contributed by atoms with E-state index in [0.717, 1.165) is 40.1 Å². The van der Waals surface area contributed by atoms with Crippen LogP contribution in [0.25, 0.3) is 10.9 Å². The van der Waals surface area contributed by atoms with Gasteiger partial charge in [-0.2, -0.15) is 0 Å². The summed E-state index contributed by atoms with van der Waals surface area (Å²) < 4.78 is 11.9. The largest absolute Gasteiger partial charge is 0.492 e. The number of fused-ring (bicyclic) bond motifs is 2. The number of allylic oxidation sites excluding steroid dienone is 1. The van der Waals surface area contributed by atoms with E-state index in [1.54, 1.807) is 50.6 Å². The van der Waals surface area contributed by atoms with Gasteiger partial charge in [0.25, 0.3) is 5.91 Å².